The average Bonchev–Trinajstić information content (AvgIpc) is 3.18. The molecule has 0 aliphatic carbocycles. The second-order valence-electron chi connectivity index (χ2n) is 5.71. The van der Waals surface area contributed by atoms with Crippen molar-refractivity contribution in [2.45, 2.75) is 23.6 Å². The summed E-state index contributed by atoms with van der Waals surface area (Å²) < 4.78 is 2.98. The van der Waals surface area contributed by atoms with Gasteiger partial charge in [0.15, 0.2) is 5.65 Å². The quantitative estimate of drug-likeness (QED) is 0.669. The van der Waals surface area contributed by atoms with E-state index in [0.29, 0.717) is 0 Å². The van der Waals surface area contributed by atoms with Gasteiger partial charge in [0, 0.05) is 41.5 Å². The van der Waals surface area contributed by atoms with Crippen molar-refractivity contribution in [1.82, 2.24) is 14.4 Å². The standard InChI is InChI=1S/C17H15BrN4OS/c1-11-10-12(2-3-13(11)18)22-7-4-14(17(22)23)24-16-15-19-5-8-21(15)9-6-20-16/h2-3,5-6,8-10,14H,4,7H2,1H3. The van der Waals surface area contributed by atoms with Crippen molar-refractivity contribution in [3.63, 3.8) is 0 Å². The Kier molecular flexibility index (Phi) is 4.05. The van der Waals surface area contributed by atoms with Gasteiger partial charge in [0.25, 0.3) is 0 Å². The zero-order chi connectivity index (χ0) is 16.7. The van der Waals surface area contributed by atoms with E-state index in [4.69, 9.17) is 0 Å². The highest BCUT2D eigenvalue weighted by atomic mass is 79.9. The van der Waals surface area contributed by atoms with Crippen LogP contribution in [0.3, 0.4) is 0 Å². The van der Waals surface area contributed by atoms with E-state index in [2.05, 4.69) is 25.9 Å². The van der Waals surface area contributed by atoms with Gasteiger partial charge in [-0.3, -0.25) is 4.79 Å². The van der Waals surface area contributed by atoms with Crippen LogP contribution in [0.5, 0.6) is 0 Å². The minimum absolute atomic E-state index is 0.121. The first kappa shape index (κ1) is 15.7. The number of aromatic nitrogens is 3. The van der Waals surface area contributed by atoms with Crippen LogP contribution in [0.2, 0.25) is 0 Å². The smallest absolute Gasteiger partial charge is 0.240 e. The van der Waals surface area contributed by atoms with Crippen LogP contribution in [0, 0.1) is 6.92 Å². The lowest BCUT2D eigenvalue weighted by molar-refractivity contribution is -0.116. The molecule has 7 heteroatoms. The Morgan fingerprint density at radius 3 is 2.83 bits per heavy atom. The Hall–Kier alpha value is -1.86. The number of halogens is 1. The zero-order valence-electron chi connectivity index (χ0n) is 13.0. The number of imidazole rings is 1. The number of aryl methyl sites for hydroxylation is 1. The SMILES string of the molecule is Cc1cc(N2CCC(Sc3nccn4ccnc34)C2=O)ccc1Br. The maximum absolute atomic E-state index is 12.8. The van der Waals surface area contributed by atoms with Gasteiger partial charge in [-0.15, -0.1) is 0 Å². The van der Waals surface area contributed by atoms with Crippen LogP contribution < -0.4 is 4.90 Å². The van der Waals surface area contributed by atoms with E-state index in [-0.39, 0.29) is 11.2 Å². The lowest BCUT2D eigenvalue weighted by Gasteiger charge is -2.17. The molecule has 122 valence electrons. The van der Waals surface area contributed by atoms with Crippen molar-refractivity contribution in [3.8, 4) is 0 Å². The number of rotatable bonds is 3. The summed E-state index contributed by atoms with van der Waals surface area (Å²) in [7, 11) is 0. The van der Waals surface area contributed by atoms with E-state index in [0.717, 1.165) is 39.4 Å². The lowest BCUT2D eigenvalue weighted by Crippen LogP contribution is -2.28. The Labute approximate surface area is 152 Å². The van der Waals surface area contributed by atoms with Crippen LogP contribution in [0.25, 0.3) is 5.65 Å². The predicted octanol–water partition coefficient (Wildman–Crippen LogP) is 3.70. The molecule has 1 aromatic carbocycles. The van der Waals surface area contributed by atoms with Gasteiger partial charge >= 0.3 is 0 Å². The highest BCUT2D eigenvalue weighted by Gasteiger charge is 2.34. The summed E-state index contributed by atoms with van der Waals surface area (Å²) in [5.74, 6) is 0.136. The number of carbonyl (C=O) groups excluding carboxylic acids is 1. The molecule has 0 saturated carbocycles. The Bertz CT molecular complexity index is 926. The molecule has 1 fully saturated rings. The fourth-order valence-corrected chi connectivity index (χ4v) is 4.22. The summed E-state index contributed by atoms with van der Waals surface area (Å²) in [5, 5.41) is 0.680. The number of thioether (sulfide) groups is 1. The molecular formula is C17H15BrN4OS. The van der Waals surface area contributed by atoms with Crippen LogP contribution in [0.15, 0.2) is 52.5 Å². The summed E-state index contributed by atoms with van der Waals surface area (Å²) in [5.41, 5.74) is 2.88. The Morgan fingerprint density at radius 1 is 1.25 bits per heavy atom. The van der Waals surface area contributed by atoms with Crippen molar-refractivity contribution in [2.24, 2.45) is 0 Å². The maximum atomic E-state index is 12.8. The minimum atomic E-state index is -0.121. The molecule has 3 aromatic rings. The molecule has 1 atom stereocenters. The van der Waals surface area contributed by atoms with E-state index in [1.54, 1.807) is 12.4 Å². The lowest BCUT2D eigenvalue weighted by atomic mass is 10.2. The summed E-state index contributed by atoms with van der Waals surface area (Å²) in [6, 6.07) is 6.02. The topological polar surface area (TPSA) is 50.5 Å². The third kappa shape index (κ3) is 2.71. The summed E-state index contributed by atoms with van der Waals surface area (Å²) in [4.78, 5) is 23.4. The largest absolute Gasteiger partial charge is 0.311 e. The number of nitrogens with zero attached hydrogens (tertiary/aromatic N) is 4. The fourth-order valence-electron chi connectivity index (χ4n) is 2.86. The normalized spacial score (nSPS) is 17.8. The van der Waals surface area contributed by atoms with Crippen LogP contribution in [-0.4, -0.2) is 32.1 Å². The first-order chi connectivity index (χ1) is 11.6. The van der Waals surface area contributed by atoms with E-state index in [1.807, 2.05) is 46.8 Å². The number of hydrogen-bond donors (Lipinski definition) is 0. The van der Waals surface area contributed by atoms with Crippen LogP contribution >= 0.6 is 27.7 Å². The van der Waals surface area contributed by atoms with Crippen LogP contribution in [0.4, 0.5) is 5.69 Å². The molecule has 3 heterocycles. The number of anilines is 1. The molecule has 1 saturated heterocycles. The third-order valence-electron chi connectivity index (χ3n) is 4.14. The van der Waals surface area contributed by atoms with Crippen molar-refractivity contribution in [3.05, 3.63) is 53.0 Å². The predicted molar refractivity (Wildman–Crippen MR) is 98.5 cm³/mol. The second-order valence-corrected chi connectivity index (χ2v) is 7.75. The molecule has 0 radical (unpaired) electrons. The van der Waals surface area contributed by atoms with Gasteiger partial charge < -0.3 is 9.30 Å². The molecular weight excluding hydrogens is 388 g/mol. The van der Waals surface area contributed by atoms with Gasteiger partial charge in [0.1, 0.15) is 5.03 Å². The minimum Gasteiger partial charge on any atom is -0.311 e. The first-order valence-corrected chi connectivity index (χ1v) is 9.32. The molecule has 4 rings (SSSR count). The average molecular weight is 403 g/mol. The second kappa shape index (κ2) is 6.22. The van der Waals surface area contributed by atoms with E-state index >= 15 is 0 Å². The van der Waals surface area contributed by atoms with Gasteiger partial charge in [-0.2, -0.15) is 0 Å². The number of hydrogen-bond acceptors (Lipinski definition) is 4. The molecule has 1 unspecified atom stereocenters. The summed E-state index contributed by atoms with van der Waals surface area (Å²) in [6.45, 7) is 2.76. The number of fused-ring (bicyclic) bond motifs is 1. The van der Waals surface area contributed by atoms with Gasteiger partial charge in [0.2, 0.25) is 5.91 Å². The van der Waals surface area contributed by atoms with Gasteiger partial charge in [0.05, 0.1) is 5.25 Å². The van der Waals surface area contributed by atoms with Crippen molar-refractivity contribution in [1.29, 1.82) is 0 Å². The van der Waals surface area contributed by atoms with E-state index in [1.165, 1.54) is 11.8 Å². The highest BCUT2D eigenvalue weighted by Crippen LogP contribution is 2.34. The summed E-state index contributed by atoms with van der Waals surface area (Å²) in [6.07, 6.45) is 8.04. The van der Waals surface area contributed by atoms with E-state index in [9.17, 15) is 4.79 Å². The van der Waals surface area contributed by atoms with Gasteiger partial charge in [-0.25, -0.2) is 9.97 Å². The number of carbonyl (C=O) groups is 1. The highest BCUT2D eigenvalue weighted by molar-refractivity contribution is 9.10. The Balaban J connectivity index is 1.57. The molecule has 1 aliphatic heterocycles. The third-order valence-corrected chi connectivity index (χ3v) is 6.27. The fraction of sp³-hybridized carbons (Fsp3) is 0.235. The molecule has 24 heavy (non-hydrogen) atoms. The Morgan fingerprint density at radius 2 is 2.04 bits per heavy atom. The van der Waals surface area contributed by atoms with Crippen molar-refractivity contribution < 1.29 is 4.79 Å². The molecule has 0 bridgehead atoms. The van der Waals surface area contributed by atoms with Gasteiger partial charge in [-0.1, -0.05) is 27.7 Å². The summed E-state index contributed by atoms with van der Waals surface area (Å²) >= 11 is 5.01. The number of benzene rings is 1. The number of amides is 1. The van der Waals surface area contributed by atoms with Crippen molar-refractivity contribution in [2.75, 3.05) is 11.4 Å². The molecule has 1 aliphatic rings. The zero-order valence-corrected chi connectivity index (χ0v) is 15.4. The first-order valence-electron chi connectivity index (χ1n) is 7.65. The van der Waals surface area contributed by atoms with Crippen molar-refractivity contribution >= 4 is 44.9 Å². The molecule has 5 nitrogen and oxygen atoms in total. The van der Waals surface area contributed by atoms with Crippen LogP contribution in [0.1, 0.15) is 12.0 Å². The molecule has 2 aromatic heterocycles. The molecule has 0 N–H and O–H groups in total. The van der Waals surface area contributed by atoms with Gasteiger partial charge in [-0.05, 0) is 37.1 Å². The maximum Gasteiger partial charge on any atom is 0.240 e. The van der Waals surface area contributed by atoms with E-state index < -0.39 is 0 Å². The molecule has 0 spiro atoms. The molecule has 1 amide bonds. The monoisotopic (exact) mass is 402 g/mol. The van der Waals surface area contributed by atoms with Crippen LogP contribution in [-0.2, 0) is 4.79 Å².